The average Bonchev–Trinajstić information content (AvgIpc) is 2.55. The van der Waals surface area contributed by atoms with Gasteiger partial charge in [-0.2, -0.15) is 0 Å². The Morgan fingerprint density at radius 3 is 3.08 bits per heavy atom. The normalized spacial score (nSPS) is 18.8. The lowest BCUT2D eigenvalue weighted by Crippen LogP contribution is -2.41. The van der Waals surface area contributed by atoms with Crippen LogP contribution in [0.4, 0.5) is 0 Å². The highest BCUT2D eigenvalue weighted by molar-refractivity contribution is 5.81. The van der Waals surface area contributed by atoms with E-state index in [0.29, 0.717) is 13.2 Å². The van der Waals surface area contributed by atoms with Gasteiger partial charge in [0.2, 0.25) is 0 Å². The van der Waals surface area contributed by atoms with Crippen molar-refractivity contribution < 1.29 is 9.63 Å². The second kappa shape index (κ2) is 4.10. The van der Waals surface area contributed by atoms with Crippen LogP contribution in [-0.2, 0) is 9.63 Å². The van der Waals surface area contributed by atoms with E-state index >= 15 is 0 Å². The van der Waals surface area contributed by atoms with Crippen molar-refractivity contribution in [3.63, 3.8) is 0 Å². The Morgan fingerprint density at radius 1 is 1.83 bits per heavy atom. The van der Waals surface area contributed by atoms with Crippen molar-refractivity contribution in [2.75, 3.05) is 13.2 Å². The summed E-state index contributed by atoms with van der Waals surface area (Å²) in [5, 5.41) is 1.29. The molecule has 0 radical (unpaired) electrons. The quantitative estimate of drug-likeness (QED) is 0.565. The van der Waals surface area contributed by atoms with Crippen LogP contribution in [0.1, 0.15) is 12.8 Å². The lowest BCUT2D eigenvalue weighted by atomic mass is 10.2. The van der Waals surface area contributed by atoms with Gasteiger partial charge in [0.25, 0.3) is 5.91 Å². The molecule has 1 rings (SSSR count). The number of terminal acetylenes is 1. The first-order chi connectivity index (χ1) is 5.75. The summed E-state index contributed by atoms with van der Waals surface area (Å²) in [6, 6.07) is -0.618. The number of amides is 1. The van der Waals surface area contributed by atoms with Gasteiger partial charge >= 0.3 is 0 Å². The Labute approximate surface area is 71.6 Å². The van der Waals surface area contributed by atoms with Crippen LogP contribution >= 0.6 is 0 Å². The van der Waals surface area contributed by atoms with Crippen LogP contribution in [0.5, 0.6) is 0 Å². The molecule has 12 heavy (non-hydrogen) atoms. The Hall–Kier alpha value is -1.05. The van der Waals surface area contributed by atoms with Crippen LogP contribution in [0.15, 0.2) is 0 Å². The maximum absolute atomic E-state index is 11.3. The zero-order valence-corrected chi connectivity index (χ0v) is 6.82. The highest BCUT2D eigenvalue weighted by Crippen LogP contribution is 2.06. The minimum Gasteiger partial charge on any atom is -0.319 e. The predicted molar refractivity (Wildman–Crippen MR) is 43.7 cm³/mol. The van der Waals surface area contributed by atoms with Crippen LogP contribution in [0.3, 0.4) is 0 Å². The van der Waals surface area contributed by atoms with Crippen LogP contribution in [0.25, 0.3) is 0 Å². The maximum Gasteiger partial charge on any atom is 0.263 e. The molecule has 1 atom stereocenters. The summed E-state index contributed by atoms with van der Waals surface area (Å²) in [5.41, 5.74) is 5.49. The molecule has 1 amide bonds. The number of carbonyl (C=O) groups excluding carboxylic acids is 1. The van der Waals surface area contributed by atoms with Crippen LogP contribution in [0.2, 0.25) is 0 Å². The summed E-state index contributed by atoms with van der Waals surface area (Å²) >= 11 is 0. The molecule has 66 valence electrons. The van der Waals surface area contributed by atoms with Crippen LogP contribution in [0, 0.1) is 12.3 Å². The van der Waals surface area contributed by atoms with Crippen molar-refractivity contribution >= 4 is 5.91 Å². The fourth-order valence-corrected chi connectivity index (χ4v) is 1.02. The smallest absolute Gasteiger partial charge is 0.263 e. The van der Waals surface area contributed by atoms with Gasteiger partial charge in [0.05, 0.1) is 19.2 Å². The minimum absolute atomic E-state index is 0.217. The molecule has 0 aromatic rings. The molecule has 1 aliphatic heterocycles. The molecule has 1 saturated heterocycles. The van der Waals surface area contributed by atoms with E-state index in [0.717, 1.165) is 6.42 Å². The van der Waals surface area contributed by atoms with Gasteiger partial charge in [-0.15, -0.1) is 12.3 Å². The number of carbonyl (C=O) groups is 1. The summed E-state index contributed by atoms with van der Waals surface area (Å²) in [7, 11) is 0. The van der Waals surface area contributed by atoms with Crippen molar-refractivity contribution in [2.24, 2.45) is 5.73 Å². The van der Waals surface area contributed by atoms with Crippen LogP contribution in [-0.4, -0.2) is 30.2 Å². The number of rotatable bonds is 2. The Bertz CT molecular complexity index is 204. The lowest BCUT2D eigenvalue weighted by Gasteiger charge is -2.16. The second-order valence-electron chi connectivity index (χ2n) is 2.64. The minimum atomic E-state index is -0.618. The molecule has 1 aliphatic rings. The molecule has 0 aliphatic carbocycles. The highest BCUT2D eigenvalue weighted by Gasteiger charge is 2.23. The largest absolute Gasteiger partial charge is 0.319 e. The number of hydrogen-bond acceptors (Lipinski definition) is 3. The first-order valence-corrected chi connectivity index (χ1v) is 3.89. The summed E-state index contributed by atoms with van der Waals surface area (Å²) in [4.78, 5) is 16.3. The number of hydroxylamine groups is 2. The van der Waals surface area contributed by atoms with E-state index in [-0.39, 0.29) is 12.3 Å². The van der Waals surface area contributed by atoms with Crippen molar-refractivity contribution in [1.29, 1.82) is 0 Å². The van der Waals surface area contributed by atoms with E-state index in [1.54, 1.807) is 0 Å². The van der Waals surface area contributed by atoms with Gasteiger partial charge in [0, 0.05) is 6.42 Å². The topological polar surface area (TPSA) is 55.6 Å². The summed E-state index contributed by atoms with van der Waals surface area (Å²) < 4.78 is 0. The third-order valence-electron chi connectivity index (χ3n) is 1.65. The van der Waals surface area contributed by atoms with E-state index in [9.17, 15) is 4.79 Å². The molecule has 0 spiro atoms. The molecule has 0 aromatic carbocycles. The van der Waals surface area contributed by atoms with Gasteiger partial charge in [-0.25, -0.2) is 5.06 Å². The monoisotopic (exact) mass is 168 g/mol. The van der Waals surface area contributed by atoms with Gasteiger partial charge in [0.1, 0.15) is 0 Å². The third kappa shape index (κ3) is 1.97. The molecular weight excluding hydrogens is 156 g/mol. The fourth-order valence-electron chi connectivity index (χ4n) is 1.02. The van der Waals surface area contributed by atoms with Gasteiger partial charge in [-0.05, 0) is 6.42 Å². The molecule has 4 heteroatoms. The molecule has 0 saturated carbocycles. The van der Waals surface area contributed by atoms with Gasteiger partial charge in [-0.1, -0.05) is 0 Å². The Morgan fingerprint density at radius 2 is 2.58 bits per heavy atom. The van der Waals surface area contributed by atoms with E-state index in [2.05, 4.69) is 5.92 Å². The predicted octanol–water partition coefficient (Wildman–Crippen LogP) is -0.499. The molecule has 1 unspecified atom stereocenters. The lowest BCUT2D eigenvalue weighted by molar-refractivity contribution is -0.170. The molecule has 0 aromatic heterocycles. The maximum atomic E-state index is 11.3. The molecule has 2 N–H and O–H groups in total. The van der Waals surface area contributed by atoms with Crippen LogP contribution < -0.4 is 5.73 Å². The SMILES string of the molecule is C#CCC(N)C(=O)N1CCCO1. The van der Waals surface area contributed by atoms with Gasteiger partial charge in [0.15, 0.2) is 0 Å². The molecule has 1 heterocycles. The summed E-state index contributed by atoms with van der Waals surface area (Å²) in [6.07, 6.45) is 6.16. The first-order valence-electron chi connectivity index (χ1n) is 3.89. The molecule has 1 fully saturated rings. The van der Waals surface area contributed by atoms with E-state index < -0.39 is 6.04 Å². The van der Waals surface area contributed by atoms with Gasteiger partial charge < -0.3 is 5.73 Å². The fraction of sp³-hybridized carbons (Fsp3) is 0.625. The zero-order valence-electron chi connectivity index (χ0n) is 6.82. The van der Waals surface area contributed by atoms with Gasteiger partial charge in [-0.3, -0.25) is 9.63 Å². The number of nitrogens with zero attached hydrogens (tertiary/aromatic N) is 1. The van der Waals surface area contributed by atoms with Crippen molar-refractivity contribution in [2.45, 2.75) is 18.9 Å². The molecule has 0 bridgehead atoms. The van der Waals surface area contributed by atoms with Crippen molar-refractivity contribution in [1.82, 2.24) is 5.06 Å². The van der Waals surface area contributed by atoms with Crippen molar-refractivity contribution in [3.8, 4) is 12.3 Å². The third-order valence-corrected chi connectivity index (χ3v) is 1.65. The Kier molecular flexibility index (Phi) is 3.09. The highest BCUT2D eigenvalue weighted by atomic mass is 16.7. The standard InChI is InChI=1S/C8H12N2O2/c1-2-4-7(9)8(11)10-5-3-6-12-10/h1,7H,3-6,9H2. The number of nitrogens with two attached hydrogens (primary N) is 1. The summed E-state index contributed by atoms with van der Waals surface area (Å²) in [6.45, 7) is 1.21. The van der Waals surface area contributed by atoms with E-state index in [4.69, 9.17) is 17.0 Å². The van der Waals surface area contributed by atoms with E-state index in [1.807, 2.05) is 0 Å². The average molecular weight is 168 g/mol. The zero-order chi connectivity index (χ0) is 8.97. The first kappa shape index (κ1) is 9.04. The summed E-state index contributed by atoms with van der Waals surface area (Å²) in [5.74, 6) is 2.13. The van der Waals surface area contributed by atoms with E-state index in [1.165, 1.54) is 5.06 Å². The number of hydrogen-bond donors (Lipinski definition) is 1. The Balaban J connectivity index is 2.41. The molecular formula is C8H12N2O2. The molecule has 4 nitrogen and oxygen atoms in total. The second-order valence-corrected chi connectivity index (χ2v) is 2.64. The van der Waals surface area contributed by atoms with Crippen molar-refractivity contribution in [3.05, 3.63) is 0 Å².